The van der Waals surface area contributed by atoms with Gasteiger partial charge in [0, 0.05) is 26.2 Å². The molecule has 26 heavy (non-hydrogen) atoms. The molecular weight excluding hydrogens is 350 g/mol. The summed E-state index contributed by atoms with van der Waals surface area (Å²) in [7, 11) is 2.08. The van der Waals surface area contributed by atoms with E-state index in [0.29, 0.717) is 24.3 Å². The maximum Gasteiger partial charge on any atom is 0.322 e. The molecule has 142 valence electrons. The zero-order valence-corrected chi connectivity index (χ0v) is 16.0. The fourth-order valence-electron chi connectivity index (χ4n) is 6.15. The molecule has 0 radical (unpaired) electrons. The van der Waals surface area contributed by atoms with Gasteiger partial charge in [0.1, 0.15) is 0 Å². The lowest BCUT2D eigenvalue weighted by molar-refractivity contribution is -0.136. The molecule has 5 nitrogen and oxygen atoms in total. The Morgan fingerprint density at radius 2 is 1.77 bits per heavy atom. The molecule has 1 aliphatic heterocycles. The monoisotopic (exact) mass is 377 g/mol. The Bertz CT molecular complexity index is 696. The number of rotatable bonds is 1. The minimum absolute atomic E-state index is 0. The molecule has 2 unspecified atom stereocenters. The summed E-state index contributed by atoms with van der Waals surface area (Å²) in [5.74, 6) is 1.56. The van der Waals surface area contributed by atoms with Crippen molar-refractivity contribution < 1.29 is 9.90 Å². The van der Waals surface area contributed by atoms with Gasteiger partial charge in [-0.15, -0.1) is 12.4 Å². The summed E-state index contributed by atoms with van der Waals surface area (Å²) in [5, 5.41) is 14.1. The summed E-state index contributed by atoms with van der Waals surface area (Å²) < 4.78 is 0. The van der Waals surface area contributed by atoms with Crippen molar-refractivity contribution in [3.63, 3.8) is 0 Å². The van der Waals surface area contributed by atoms with E-state index in [9.17, 15) is 9.90 Å². The average Bonchev–Trinajstić information content (AvgIpc) is 2.57. The minimum atomic E-state index is -0.446. The van der Waals surface area contributed by atoms with Crippen molar-refractivity contribution in [1.82, 2.24) is 5.32 Å². The van der Waals surface area contributed by atoms with Crippen LogP contribution in [0.2, 0.25) is 0 Å². The van der Waals surface area contributed by atoms with Crippen molar-refractivity contribution >= 4 is 29.8 Å². The lowest BCUT2D eigenvalue weighted by Gasteiger charge is -2.58. The molecule has 6 rings (SSSR count). The van der Waals surface area contributed by atoms with Crippen LogP contribution in [-0.4, -0.2) is 42.9 Å². The molecule has 0 spiro atoms. The Morgan fingerprint density at radius 1 is 1.12 bits per heavy atom. The van der Waals surface area contributed by atoms with E-state index in [1.165, 1.54) is 12.8 Å². The van der Waals surface area contributed by atoms with Crippen LogP contribution in [0.4, 0.5) is 16.2 Å². The molecule has 0 saturated heterocycles. The Hall–Kier alpha value is -1.46. The first-order valence-electron chi connectivity index (χ1n) is 9.63. The molecule has 4 fully saturated rings. The van der Waals surface area contributed by atoms with Crippen LogP contribution in [0.15, 0.2) is 24.3 Å². The smallest absolute Gasteiger partial charge is 0.322 e. The summed E-state index contributed by atoms with van der Waals surface area (Å²) in [6, 6.07) is 8.39. The van der Waals surface area contributed by atoms with Crippen LogP contribution in [0.5, 0.6) is 0 Å². The number of hydrogen-bond acceptors (Lipinski definition) is 3. The van der Waals surface area contributed by atoms with E-state index < -0.39 is 5.60 Å². The summed E-state index contributed by atoms with van der Waals surface area (Å²) in [6.07, 6.45) is 5.05. The van der Waals surface area contributed by atoms with E-state index in [2.05, 4.69) is 23.3 Å². The van der Waals surface area contributed by atoms with Gasteiger partial charge < -0.3 is 15.3 Å². The van der Waals surface area contributed by atoms with Gasteiger partial charge in [0.15, 0.2) is 0 Å². The molecule has 4 bridgehead atoms. The number of halogens is 1. The third-order valence-corrected chi connectivity index (χ3v) is 7.02. The quantitative estimate of drug-likeness (QED) is 0.791. The number of likely N-dealkylation sites (N-methyl/N-ethyl adjacent to an activating group) is 1. The highest BCUT2D eigenvalue weighted by Gasteiger charge is 2.55. The average molecular weight is 378 g/mol. The molecule has 2 atom stereocenters. The molecule has 1 aromatic rings. The first kappa shape index (κ1) is 17.9. The number of aliphatic hydroxyl groups is 1. The van der Waals surface area contributed by atoms with Gasteiger partial charge in [-0.2, -0.15) is 0 Å². The number of anilines is 2. The number of carbonyl (C=O) groups excluding carboxylic acids is 1. The van der Waals surface area contributed by atoms with Gasteiger partial charge >= 0.3 is 6.03 Å². The number of carbonyl (C=O) groups is 1. The topological polar surface area (TPSA) is 55.8 Å². The standard InChI is InChI=1S/C20H27N3O2.ClH/c1-22-6-7-23(17-5-3-2-4-16(17)22)19(24)21-18-14-8-13-9-15(18)12-20(25,10-13)11-14;/h2-5,13-15,18,25H,6-12H2,1H3,(H,21,24);1H. The van der Waals surface area contributed by atoms with Crippen LogP contribution in [0, 0.1) is 17.8 Å². The van der Waals surface area contributed by atoms with Crippen molar-refractivity contribution in [2.75, 3.05) is 29.9 Å². The van der Waals surface area contributed by atoms with Crippen molar-refractivity contribution in [3.8, 4) is 0 Å². The normalized spacial score (nSPS) is 37.2. The van der Waals surface area contributed by atoms with E-state index >= 15 is 0 Å². The van der Waals surface area contributed by atoms with Gasteiger partial charge in [0.2, 0.25) is 0 Å². The predicted octanol–water partition coefficient (Wildman–Crippen LogP) is 3.01. The molecule has 0 aromatic heterocycles. The van der Waals surface area contributed by atoms with E-state index in [1.807, 2.05) is 23.1 Å². The van der Waals surface area contributed by atoms with Gasteiger partial charge in [0.05, 0.1) is 17.0 Å². The third-order valence-electron chi connectivity index (χ3n) is 7.02. The minimum Gasteiger partial charge on any atom is -0.390 e. The van der Waals surface area contributed by atoms with Gasteiger partial charge in [-0.05, 0) is 62.0 Å². The second kappa shape index (κ2) is 6.31. The van der Waals surface area contributed by atoms with Gasteiger partial charge in [-0.1, -0.05) is 12.1 Å². The van der Waals surface area contributed by atoms with Crippen LogP contribution in [0.25, 0.3) is 0 Å². The fraction of sp³-hybridized carbons (Fsp3) is 0.650. The van der Waals surface area contributed by atoms with E-state index in [1.54, 1.807) is 0 Å². The largest absolute Gasteiger partial charge is 0.390 e. The number of nitrogens with one attached hydrogen (secondary N) is 1. The van der Waals surface area contributed by atoms with E-state index in [0.717, 1.165) is 37.2 Å². The second-order valence-electron chi connectivity index (χ2n) is 8.73. The Balaban J connectivity index is 0.00000168. The van der Waals surface area contributed by atoms with Gasteiger partial charge in [-0.25, -0.2) is 4.79 Å². The summed E-state index contributed by atoms with van der Waals surface area (Å²) in [4.78, 5) is 17.2. The Morgan fingerprint density at radius 3 is 2.42 bits per heavy atom. The summed E-state index contributed by atoms with van der Waals surface area (Å²) >= 11 is 0. The zero-order chi connectivity index (χ0) is 17.2. The third kappa shape index (κ3) is 2.76. The van der Waals surface area contributed by atoms with Crippen LogP contribution in [0.1, 0.15) is 32.1 Å². The van der Waals surface area contributed by atoms with E-state index in [4.69, 9.17) is 0 Å². The molecule has 4 saturated carbocycles. The lowest BCUT2D eigenvalue weighted by atomic mass is 9.52. The highest BCUT2D eigenvalue weighted by molar-refractivity contribution is 5.97. The molecule has 2 amide bonds. The first-order valence-corrected chi connectivity index (χ1v) is 9.63. The number of hydrogen-bond donors (Lipinski definition) is 2. The SMILES string of the molecule is CN1CCN(C(=O)NC2C3CC4CC2CC(O)(C4)C3)c2ccccc21.Cl. The number of nitrogens with zero attached hydrogens (tertiary/aromatic N) is 2. The maximum absolute atomic E-state index is 13.1. The summed E-state index contributed by atoms with van der Waals surface area (Å²) in [6.45, 7) is 1.57. The number of urea groups is 1. The molecule has 1 aromatic carbocycles. The van der Waals surface area contributed by atoms with Crippen molar-refractivity contribution in [2.45, 2.75) is 43.7 Å². The van der Waals surface area contributed by atoms with Crippen molar-refractivity contribution in [3.05, 3.63) is 24.3 Å². The predicted molar refractivity (Wildman–Crippen MR) is 105 cm³/mol. The van der Waals surface area contributed by atoms with Crippen LogP contribution in [-0.2, 0) is 0 Å². The molecular formula is C20H28ClN3O2. The van der Waals surface area contributed by atoms with Crippen LogP contribution in [0.3, 0.4) is 0 Å². The van der Waals surface area contributed by atoms with E-state index in [-0.39, 0.29) is 24.5 Å². The molecule has 2 N–H and O–H groups in total. The molecule has 5 aliphatic rings. The van der Waals surface area contributed by atoms with Crippen LogP contribution >= 0.6 is 12.4 Å². The molecule has 6 heteroatoms. The van der Waals surface area contributed by atoms with Gasteiger partial charge in [0.25, 0.3) is 0 Å². The van der Waals surface area contributed by atoms with Crippen LogP contribution < -0.4 is 15.1 Å². The number of fused-ring (bicyclic) bond motifs is 1. The lowest BCUT2D eigenvalue weighted by Crippen LogP contribution is -2.63. The molecule has 1 heterocycles. The Kier molecular flexibility index (Phi) is 4.35. The molecule has 4 aliphatic carbocycles. The highest BCUT2D eigenvalue weighted by Crippen LogP contribution is 2.55. The number of para-hydroxylation sites is 2. The fourth-order valence-corrected chi connectivity index (χ4v) is 6.15. The van der Waals surface area contributed by atoms with Crippen molar-refractivity contribution in [1.29, 1.82) is 0 Å². The van der Waals surface area contributed by atoms with Crippen molar-refractivity contribution in [2.24, 2.45) is 17.8 Å². The van der Waals surface area contributed by atoms with Gasteiger partial charge in [-0.3, -0.25) is 4.90 Å². The number of amides is 2. The second-order valence-corrected chi connectivity index (χ2v) is 8.73. The summed E-state index contributed by atoms with van der Waals surface area (Å²) in [5.41, 5.74) is 1.66. The maximum atomic E-state index is 13.1. The Labute approximate surface area is 161 Å². The first-order chi connectivity index (χ1) is 12.0. The highest BCUT2D eigenvalue weighted by atomic mass is 35.5. The number of benzene rings is 1. The zero-order valence-electron chi connectivity index (χ0n) is 15.2.